The number of benzene rings is 9. The lowest BCUT2D eigenvalue weighted by Gasteiger charge is -2.34. The zero-order valence-electron chi connectivity index (χ0n) is 33.5. The fourth-order valence-corrected chi connectivity index (χ4v) is 11.5. The first-order valence-corrected chi connectivity index (χ1v) is 22.0. The summed E-state index contributed by atoms with van der Waals surface area (Å²) in [4.78, 5) is 1.36. The number of hydrogen-bond donors (Lipinski definition) is 0. The monoisotopic (exact) mass is 796 g/mol. The summed E-state index contributed by atoms with van der Waals surface area (Å²) in [5.74, 6) is 0.132. The Kier molecular flexibility index (Phi) is 8.47. The van der Waals surface area contributed by atoms with Gasteiger partial charge in [-0.05, 0) is 109 Å². The van der Waals surface area contributed by atoms with Crippen LogP contribution in [0.3, 0.4) is 0 Å². The van der Waals surface area contributed by atoms with Gasteiger partial charge < -0.3 is 4.42 Å². The molecule has 0 N–H and O–H groups in total. The number of fused-ring (bicyclic) bond motifs is 8. The van der Waals surface area contributed by atoms with Crippen molar-refractivity contribution in [1.29, 1.82) is 0 Å². The quantitative estimate of drug-likeness (QED) is 0.149. The lowest BCUT2D eigenvalue weighted by atomic mass is 9.67. The topological polar surface area (TPSA) is 13.1 Å². The molecule has 0 spiro atoms. The molecule has 0 fully saturated rings. The van der Waals surface area contributed by atoms with Gasteiger partial charge in [0.25, 0.3) is 0 Å². The van der Waals surface area contributed by atoms with Gasteiger partial charge in [-0.15, -0.1) is 11.3 Å². The van der Waals surface area contributed by atoms with Crippen molar-refractivity contribution in [3.63, 3.8) is 0 Å². The van der Waals surface area contributed by atoms with Gasteiger partial charge in [-0.25, -0.2) is 0 Å². The molecule has 1 aliphatic carbocycles. The summed E-state index contributed by atoms with van der Waals surface area (Å²) in [5.41, 5.74) is 16.9. The minimum atomic E-state index is -0.439. The largest absolute Gasteiger partial charge is 0.456 e. The van der Waals surface area contributed by atoms with E-state index < -0.39 is 5.41 Å². The van der Waals surface area contributed by atoms with Gasteiger partial charge in [-0.3, -0.25) is 0 Å². The van der Waals surface area contributed by atoms with Crippen molar-refractivity contribution in [2.24, 2.45) is 0 Å². The SMILES string of the molecule is c1ccc(-c2ccc(C(Cc3ccc4oc5ccccc5c4c3)c3cccc(-c4ccc5c(c4)-c4sc6ccccc6c4C5(c4ccccc4)c4ccccc4)c3)cc2)cc1. The Morgan fingerprint density at radius 1 is 0.426 bits per heavy atom. The van der Waals surface area contributed by atoms with Crippen molar-refractivity contribution in [3.8, 4) is 32.7 Å². The fraction of sp³-hybridized carbons (Fsp3) is 0.0508. The van der Waals surface area contributed by atoms with Crippen LogP contribution >= 0.6 is 11.3 Å². The predicted molar refractivity (Wildman–Crippen MR) is 256 cm³/mol. The molecule has 2 aromatic heterocycles. The molecule has 0 aliphatic heterocycles. The second-order valence-corrected chi connectivity index (χ2v) is 17.4. The van der Waals surface area contributed by atoms with Crippen LogP contribution in [-0.2, 0) is 11.8 Å². The van der Waals surface area contributed by atoms with Crippen molar-refractivity contribution in [3.05, 3.63) is 263 Å². The molecule has 0 amide bonds. The first-order chi connectivity index (χ1) is 30.2. The molecule has 0 saturated carbocycles. The zero-order valence-corrected chi connectivity index (χ0v) is 34.3. The van der Waals surface area contributed by atoms with Crippen molar-refractivity contribution in [1.82, 2.24) is 0 Å². The van der Waals surface area contributed by atoms with Gasteiger partial charge in [0.1, 0.15) is 11.2 Å². The normalized spacial score (nSPS) is 13.4. The Morgan fingerprint density at radius 2 is 1.03 bits per heavy atom. The standard InChI is InChI=1S/C59H40OS/c1-4-15-40(16-5-1)41-28-30-42(31-29-41)50(35-39-27-34-55-51(36-39)48-23-10-12-25-54(48)60-55)45-18-14-17-43(37-45)44-32-33-53-52(38-44)58-57(49-24-11-13-26-56(49)61-58)59(53,46-19-6-2-7-20-46)47-21-8-3-9-22-47/h1-34,36-38,50H,35H2. The van der Waals surface area contributed by atoms with Crippen LogP contribution < -0.4 is 0 Å². The highest BCUT2D eigenvalue weighted by molar-refractivity contribution is 7.22. The van der Waals surface area contributed by atoms with Gasteiger partial charge in [-0.2, -0.15) is 0 Å². The van der Waals surface area contributed by atoms with Crippen LogP contribution in [0.15, 0.2) is 229 Å². The zero-order chi connectivity index (χ0) is 40.3. The van der Waals surface area contributed by atoms with Crippen molar-refractivity contribution in [2.75, 3.05) is 0 Å². The van der Waals surface area contributed by atoms with Crippen molar-refractivity contribution < 1.29 is 4.42 Å². The van der Waals surface area contributed by atoms with Crippen molar-refractivity contribution in [2.45, 2.75) is 17.8 Å². The second kappa shape index (κ2) is 14.5. The van der Waals surface area contributed by atoms with Crippen LogP contribution in [0.4, 0.5) is 0 Å². The third-order valence-corrected chi connectivity index (χ3v) is 14.2. The smallest absolute Gasteiger partial charge is 0.135 e. The van der Waals surface area contributed by atoms with E-state index in [4.69, 9.17) is 4.42 Å². The molecule has 12 rings (SSSR count). The van der Waals surface area contributed by atoms with E-state index in [9.17, 15) is 0 Å². The van der Waals surface area contributed by atoms with E-state index >= 15 is 0 Å². The molecule has 1 nitrogen and oxygen atoms in total. The molecular formula is C59H40OS. The highest BCUT2D eigenvalue weighted by Gasteiger charge is 2.48. The van der Waals surface area contributed by atoms with Crippen LogP contribution in [0.25, 0.3) is 64.7 Å². The molecule has 1 atom stereocenters. The third-order valence-electron chi connectivity index (χ3n) is 13.0. The number of thiophene rings is 1. The maximum Gasteiger partial charge on any atom is 0.135 e. The average molecular weight is 797 g/mol. The minimum Gasteiger partial charge on any atom is -0.456 e. The number of hydrogen-bond acceptors (Lipinski definition) is 2. The first-order valence-electron chi connectivity index (χ1n) is 21.2. The van der Waals surface area contributed by atoms with Gasteiger partial charge in [0.05, 0.1) is 5.41 Å². The molecule has 61 heavy (non-hydrogen) atoms. The Morgan fingerprint density at radius 3 is 1.80 bits per heavy atom. The van der Waals surface area contributed by atoms with E-state index in [2.05, 4.69) is 218 Å². The molecule has 9 aromatic carbocycles. The van der Waals surface area contributed by atoms with Crippen molar-refractivity contribution >= 4 is 43.4 Å². The number of furan rings is 1. The van der Waals surface area contributed by atoms with Crippen LogP contribution in [0.5, 0.6) is 0 Å². The summed E-state index contributed by atoms with van der Waals surface area (Å²) in [7, 11) is 0. The maximum atomic E-state index is 6.24. The van der Waals surface area contributed by atoms with Gasteiger partial charge in [0.2, 0.25) is 0 Å². The second-order valence-electron chi connectivity index (χ2n) is 16.3. The highest BCUT2D eigenvalue weighted by Crippen LogP contribution is 2.61. The summed E-state index contributed by atoms with van der Waals surface area (Å²) in [6.45, 7) is 0. The maximum absolute atomic E-state index is 6.24. The van der Waals surface area contributed by atoms with E-state index in [0.29, 0.717) is 0 Å². The minimum absolute atomic E-state index is 0.132. The van der Waals surface area contributed by atoms with Gasteiger partial charge in [0, 0.05) is 26.3 Å². The molecule has 1 unspecified atom stereocenters. The Labute approximate surface area is 359 Å². The third kappa shape index (κ3) is 5.82. The molecule has 1 aliphatic rings. The Hall–Kier alpha value is -7.26. The predicted octanol–water partition coefficient (Wildman–Crippen LogP) is 15.9. The molecular weight excluding hydrogens is 757 g/mol. The molecule has 0 saturated heterocycles. The summed E-state index contributed by atoms with van der Waals surface area (Å²) in [6, 6.07) is 82.7. The van der Waals surface area contributed by atoms with Crippen LogP contribution in [-0.4, -0.2) is 0 Å². The summed E-state index contributed by atoms with van der Waals surface area (Å²) >= 11 is 1.93. The molecule has 2 heterocycles. The Bertz CT molecular complexity index is 3340. The first kappa shape index (κ1) is 35.7. The highest BCUT2D eigenvalue weighted by atomic mass is 32.1. The van der Waals surface area contributed by atoms with E-state index in [-0.39, 0.29) is 5.92 Å². The van der Waals surface area contributed by atoms with Crippen LogP contribution in [0.1, 0.15) is 44.9 Å². The lowest BCUT2D eigenvalue weighted by molar-refractivity contribution is 0.668. The lowest BCUT2D eigenvalue weighted by Crippen LogP contribution is -2.28. The summed E-state index contributed by atoms with van der Waals surface area (Å²) in [5, 5.41) is 3.66. The van der Waals surface area contributed by atoms with Gasteiger partial charge >= 0.3 is 0 Å². The van der Waals surface area contributed by atoms with E-state index in [1.807, 2.05) is 17.4 Å². The molecule has 11 aromatic rings. The summed E-state index contributed by atoms with van der Waals surface area (Å²) in [6.07, 6.45) is 0.857. The van der Waals surface area contributed by atoms with E-state index in [1.54, 1.807) is 0 Å². The number of rotatable bonds is 8. The van der Waals surface area contributed by atoms with E-state index in [1.165, 1.54) is 87.1 Å². The molecule has 2 heteroatoms. The average Bonchev–Trinajstić information content (AvgIpc) is 4.00. The Balaban J connectivity index is 1.00. The van der Waals surface area contributed by atoms with Crippen LogP contribution in [0.2, 0.25) is 0 Å². The fourth-order valence-electron chi connectivity index (χ4n) is 10.2. The van der Waals surface area contributed by atoms with Crippen LogP contribution in [0, 0.1) is 0 Å². The van der Waals surface area contributed by atoms with E-state index in [0.717, 1.165) is 23.0 Å². The summed E-state index contributed by atoms with van der Waals surface area (Å²) < 4.78 is 7.56. The molecule has 288 valence electrons. The van der Waals surface area contributed by atoms with Gasteiger partial charge in [-0.1, -0.05) is 194 Å². The van der Waals surface area contributed by atoms with Gasteiger partial charge in [0.15, 0.2) is 0 Å². The number of para-hydroxylation sites is 1. The molecule has 0 radical (unpaired) electrons. The molecule has 0 bridgehead atoms.